The molecule has 5 heteroatoms. The number of piperazine rings is 1. The quantitative estimate of drug-likeness (QED) is 0.742. The summed E-state index contributed by atoms with van der Waals surface area (Å²) in [5.74, 6) is 2.46. The van der Waals surface area contributed by atoms with Crippen LogP contribution < -0.4 is 9.47 Å². The lowest BCUT2D eigenvalue weighted by Crippen LogP contribution is -2.53. The number of ether oxygens (including phenoxy) is 2. The number of hydrogen-bond acceptors (Lipinski definition) is 5. The minimum Gasteiger partial charge on any atom is -0.496 e. The molecule has 1 fully saturated rings. The molecule has 1 aliphatic rings. The second-order valence-corrected chi connectivity index (χ2v) is 7.26. The van der Waals surface area contributed by atoms with Crippen molar-refractivity contribution >= 4 is 0 Å². The minimum absolute atomic E-state index is 0.245. The van der Waals surface area contributed by atoms with Crippen molar-refractivity contribution in [1.29, 1.82) is 0 Å². The largest absolute Gasteiger partial charge is 0.496 e. The summed E-state index contributed by atoms with van der Waals surface area (Å²) < 4.78 is 11.1. The number of aliphatic hydroxyl groups is 1. The Morgan fingerprint density at radius 1 is 1.16 bits per heavy atom. The van der Waals surface area contributed by atoms with Gasteiger partial charge in [-0.05, 0) is 37.4 Å². The Balaban J connectivity index is 2.05. The zero-order chi connectivity index (χ0) is 18.2. The van der Waals surface area contributed by atoms with Crippen LogP contribution >= 0.6 is 0 Å². The van der Waals surface area contributed by atoms with Gasteiger partial charge in [-0.1, -0.05) is 19.9 Å². The first-order valence-electron chi connectivity index (χ1n) is 9.36. The molecular formula is C20H34N2O3. The minimum atomic E-state index is 0.245. The Morgan fingerprint density at radius 3 is 2.40 bits per heavy atom. The molecule has 5 nitrogen and oxygen atoms in total. The molecule has 1 aromatic carbocycles. The second kappa shape index (κ2) is 10.00. The lowest BCUT2D eigenvalue weighted by Gasteiger charge is -2.42. The van der Waals surface area contributed by atoms with Gasteiger partial charge >= 0.3 is 0 Å². The van der Waals surface area contributed by atoms with Crippen molar-refractivity contribution in [3.05, 3.63) is 23.8 Å². The normalized spacial score (nSPS) is 19.4. The molecule has 1 N–H and O–H groups in total. The van der Waals surface area contributed by atoms with Crippen LogP contribution in [0.5, 0.6) is 11.5 Å². The molecule has 1 saturated heterocycles. The summed E-state index contributed by atoms with van der Waals surface area (Å²) in [6.45, 7) is 9.77. The van der Waals surface area contributed by atoms with Crippen LogP contribution in [0.2, 0.25) is 0 Å². The average Bonchev–Trinajstić information content (AvgIpc) is 2.61. The lowest BCUT2D eigenvalue weighted by atomic mass is 10.0. The van der Waals surface area contributed by atoms with E-state index in [0.29, 0.717) is 12.0 Å². The first-order valence-corrected chi connectivity index (χ1v) is 9.36. The van der Waals surface area contributed by atoms with Crippen molar-refractivity contribution in [2.45, 2.75) is 39.3 Å². The van der Waals surface area contributed by atoms with Crippen LogP contribution in [0, 0.1) is 5.92 Å². The topological polar surface area (TPSA) is 45.2 Å². The van der Waals surface area contributed by atoms with Crippen molar-refractivity contribution in [2.24, 2.45) is 5.92 Å². The van der Waals surface area contributed by atoms with Gasteiger partial charge < -0.3 is 14.6 Å². The summed E-state index contributed by atoms with van der Waals surface area (Å²) in [4.78, 5) is 5.00. The van der Waals surface area contributed by atoms with E-state index in [1.807, 2.05) is 18.2 Å². The summed E-state index contributed by atoms with van der Waals surface area (Å²) in [5.41, 5.74) is 1.10. The van der Waals surface area contributed by atoms with Crippen molar-refractivity contribution < 1.29 is 14.6 Å². The van der Waals surface area contributed by atoms with Crippen LogP contribution in [0.15, 0.2) is 18.2 Å². The molecule has 0 amide bonds. The fourth-order valence-electron chi connectivity index (χ4n) is 3.55. The summed E-state index contributed by atoms with van der Waals surface area (Å²) in [7, 11) is 3.41. The maximum atomic E-state index is 9.47. The maximum Gasteiger partial charge on any atom is 0.127 e. The number of aliphatic hydroxyl groups excluding tert-OH is 1. The van der Waals surface area contributed by atoms with Crippen LogP contribution in [0.25, 0.3) is 0 Å². The molecule has 0 unspecified atom stereocenters. The Bertz CT molecular complexity index is 499. The van der Waals surface area contributed by atoms with E-state index in [2.05, 4.69) is 23.6 Å². The highest BCUT2D eigenvalue weighted by Crippen LogP contribution is 2.30. The highest BCUT2D eigenvalue weighted by molar-refractivity contribution is 5.44. The third-order valence-corrected chi connectivity index (χ3v) is 5.06. The van der Waals surface area contributed by atoms with E-state index in [1.165, 1.54) is 6.42 Å². The smallest absolute Gasteiger partial charge is 0.127 e. The molecule has 0 bridgehead atoms. The van der Waals surface area contributed by atoms with Gasteiger partial charge in [-0.2, -0.15) is 0 Å². The highest BCUT2D eigenvalue weighted by Gasteiger charge is 2.27. The second-order valence-electron chi connectivity index (χ2n) is 7.26. The van der Waals surface area contributed by atoms with Crippen LogP contribution in [0.1, 0.15) is 32.3 Å². The Labute approximate surface area is 152 Å². The molecule has 0 spiro atoms. The van der Waals surface area contributed by atoms with E-state index in [1.54, 1.807) is 14.2 Å². The fourth-order valence-corrected chi connectivity index (χ4v) is 3.55. The third-order valence-electron chi connectivity index (χ3n) is 5.06. The Kier molecular flexibility index (Phi) is 8.00. The summed E-state index contributed by atoms with van der Waals surface area (Å²) in [6.07, 6.45) is 2.04. The van der Waals surface area contributed by atoms with E-state index in [-0.39, 0.29) is 6.61 Å². The van der Waals surface area contributed by atoms with E-state index >= 15 is 0 Å². The number of benzene rings is 1. The predicted octanol–water partition coefficient (Wildman–Crippen LogP) is 2.62. The van der Waals surface area contributed by atoms with Gasteiger partial charge in [-0.3, -0.25) is 9.80 Å². The average molecular weight is 351 g/mol. The van der Waals surface area contributed by atoms with Crippen LogP contribution in [0.4, 0.5) is 0 Å². The molecular weight excluding hydrogens is 316 g/mol. The monoisotopic (exact) mass is 350 g/mol. The van der Waals surface area contributed by atoms with Gasteiger partial charge in [0.15, 0.2) is 0 Å². The van der Waals surface area contributed by atoms with E-state index in [9.17, 15) is 5.11 Å². The van der Waals surface area contributed by atoms with Gasteiger partial charge in [-0.15, -0.1) is 0 Å². The van der Waals surface area contributed by atoms with Gasteiger partial charge in [0.1, 0.15) is 11.5 Å². The molecule has 1 atom stereocenters. The first kappa shape index (κ1) is 20.0. The first-order chi connectivity index (χ1) is 12.1. The maximum absolute atomic E-state index is 9.47. The molecule has 142 valence electrons. The standard InChI is InChI=1S/C20H34N2O3/c1-16(2)8-10-22-12-11-21(14-17(22)9-13-23)15-18-19(24-3)6-5-7-20(18)25-4/h5-7,16-17,23H,8-15H2,1-4H3/t17-/m0/s1. The van der Waals surface area contributed by atoms with Gasteiger partial charge in [0.2, 0.25) is 0 Å². The zero-order valence-corrected chi connectivity index (χ0v) is 16.2. The van der Waals surface area contributed by atoms with Gasteiger partial charge in [-0.25, -0.2) is 0 Å². The predicted molar refractivity (Wildman–Crippen MR) is 101 cm³/mol. The van der Waals surface area contributed by atoms with Crippen LogP contribution in [-0.2, 0) is 6.54 Å². The van der Waals surface area contributed by atoms with Crippen molar-refractivity contribution in [2.75, 3.05) is 47.0 Å². The molecule has 0 saturated carbocycles. The van der Waals surface area contributed by atoms with Crippen LogP contribution in [-0.4, -0.2) is 68.0 Å². The Morgan fingerprint density at radius 2 is 1.84 bits per heavy atom. The van der Waals surface area contributed by atoms with Crippen LogP contribution in [0.3, 0.4) is 0 Å². The molecule has 1 heterocycles. The summed E-state index contributed by atoms with van der Waals surface area (Å²) in [6, 6.07) is 6.35. The van der Waals surface area contributed by atoms with Crippen molar-refractivity contribution in [3.8, 4) is 11.5 Å². The number of rotatable bonds is 9. The molecule has 0 aliphatic carbocycles. The summed E-state index contributed by atoms with van der Waals surface area (Å²) >= 11 is 0. The number of hydrogen-bond donors (Lipinski definition) is 1. The fraction of sp³-hybridized carbons (Fsp3) is 0.700. The summed E-state index contributed by atoms with van der Waals surface area (Å²) in [5, 5.41) is 9.47. The van der Waals surface area contributed by atoms with Gasteiger partial charge in [0.05, 0.1) is 19.8 Å². The van der Waals surface area contributed by atoms with E-state index in [0.717, 1.165) is 56.2 Å². The molecule has 0 radical (unpaired) electrons. The third kappa shape index (κ3) is 5.59. The highest BCUT2D eigenvalue weighted by atomic mass is 16.5. The Hall–Kier alpha value is -1.30. The van der Waals surface area contributed by atoms with Crippen molar-refractivity contribution in [1.82, 2.24) is 9.80 Å². The molecule has 0 aromatic heterocycles. The van der Waals surface area contributed by atoms with E-state index < -0.39 is 0 Å². The molecule has 2 rings (SSSR count). The lowest BCUT2D eigenvalue weighted by molar-refractivity contribution is 0.0517. The number of methoxy groups -OCH3 is 2. The van der Waals surface area contributed by atoms with Gasteiger partial charge in [0, 0.05) is 38.8 Å². The van der Waals surface area contributed by atoms with Crippen molar-refractivity contribution in [3.63, 3.8) is 0 Å². The van der Waals surface area contributed by atoms with Gasteiger partial charge in [0.25, 0.3) is 0 Å². The SMILES string of the molecule is COc1cccc(OC)c1CN1CCN(CCC(C)C)[C@@H](CCO)C1. The molecule has 1 aliphatic heterocycles. The molecule has 25 heavy (non-hydrogen) atoms. The molecule has 1 aromatic rings. The van der Waals surface area contributed by atoms with E-state index in [4.69, 9.17) is 9.47 Å². The zero-order valence-electron chi connectivity index (χ0n) is 16.2. The number of nitrogens with zero attached hydrogens (tertiary/aromatic N) is 2.